The number of carbonyl (C=O) groups excluding carboxylic acids is 1. The second-order valence-corrected chi connectivity index (χ2v) is 5.55. The number of amides is 1. The van der Waals surface area contributed by atoms with E-state index >= 15 is 0 Å². The van der Waals surface area contributed by atoms with Crippen LogP contribution >= 0.6 is 0 Å². The molecule has 2 N–H and O–H groups in total. The monoisotopic (exact) mass is 335 g/mol. The van der Waals surface area contributed by atoms with Gasteiger partial charge in [-0.15, -0.1) is 0 Å². The predicted octanol–water partition coefficient (Wildman–Crippen LogP) is 3.23. The smallest absolute Gasteiger partial charge is 0.339 e. The van der Waals surface area contributed by atoms with E-state index in [-0.39, 0.29) is 23.8 Å². The van der Waals surface area contributed by atoms with E-state index in [0.717, 1.165) is 16.3 Å². The van der Waals surface area contributed by atoms with Gasteiger partial charge >= 0.3 is 5.97 Å². The molecule has 0 saturated heterocycles. The number of fused-ring (bicyclic) bond motifs is 1. The molecule has 0 saturated carbocycles. The van der Waals surface area contributed by atoms with Gasteiger partial charge in [-0.05, 0) is 28.5 Å². The Morgan fingerprint density at radius 2 is 1.56 bits per heavy atom. The summed E-state index contributed by atoms with van der Waals surface area (Å²) in [6, 6.07) is 20.1. The highest BCUT2D eigenvalue weighted by Crippen LogP contribution is 2.26. The molecule has 0 spiro atoms. The lowest BCUT2D eigenvalue weighted by atomic mass is 10.1. The van der Waals surface area contributed by atoms with Gasteiger partial charge in [0.25, 0.3) is 5.91 Å². The molecule has 25 heavy (non-hydrogen) atoms. The van der Waals surface area contributed by atoms with Gasteiger partial charge in [0, 0.05) is 6.54 Å². The molecule has 0 heterocycles. The number of carboxylic acids is 1. The molecule has 0 aliphatic rings. The van der Waals surface area contributed by atoms with E-state index in [4.69, 9.17) is 4.74 Å². The van der Waals surface area contributed by atoms with Crippen LogP contribution in [0, 0.1) is 0 Å². The van der Waals surface area contributed by atoms with Crippen LogP contribution in [0.5, 0.6) is 5.75 Å². The van der Waals surface area contributed by atoms with Gasteiger partial charge in [0.2, 0.25) is 0 Å². The standard InChI is InChI=1S/C20H17NO4/c22-19(21-12-14-6-2-1-3-7-14)13-25-18-11-16-9-5-4-8-15(16)10-17(18)20(23)24/h1-11H,12-13H2,(H,21,22)(H,23,24). The maximum Gasteiger partial charge on any atom is 0.339 e. The lowest BCUT2D eigenvalue weighted by Gasteiger charge is -2.11. The van der Waals surface area contributed by atoms with Crippen molar-refractivity contribution in [1.82, 2.24) is 5.32 Å². The summed E-state index contributed by atoms with van der Waals surface area (Å²) >= 11 is 0. The topological polar surface area (TPSA) is 75.6 Å². The number of aromatic carboxylic acids is 1. The average molecular weight is 335 g/mol. The van der Waals surface area contributed by atoms with Crippen LogP contribution in [0.25, 0.3) is 10.8 Å². The number of benzene rings is 3. The first-order valence-electron chi connectivity index (χ1n) is 7.83. The molecule has 126 valence electrons. The second-order valence-electron chi connectivity index (χ2n) is 5.55. The molecular formula is C20H17NO4. The molecule has 0 fully saturated rings. The Bertz CT molecular complexity index is 906. The van der Waals surface area contributed by atoms with E-state index in [9.17, 15) is 14.7 Å². The Morgan fingerprint density at radius 1 is 0.920 bits per heavy atom. The molecule has 0 radical (unpaired) electrons. The van der Waals surface area contributed by atoms with Gasteiger partial charge in [-0.2, -0.15) is 0 Å². The van der Waals surface area contributed by atoms with Crippen molar-refractivity contribution in [3.05, 3.63) is 77.9 Å². The predicted molar refractivity (Wildman–Crippen MR) is 94.7 cm³/mol. The third-order valence-electron chi connectivity index (χ3n) is 3.77. The molecule has 0 aliphatic heterocycles. The van der Waals surface area contributed by atoms with E-state index in [1.807, 2.05) is 54.6 Å². The molecule has 1 amide bonds. The van der Waals surface area contributed by atoms with E-state index in [0.29, 0.717) is 6.54 Å². The molecule has 3 rings (SSSR count). The van der Waals surface area contributed by atoms with E-state index in [2.05, 4.69) is 5.32 Å². The highest BCUT2D eigenvalue weighted by Gasteiger charge is 2.14. The Hall–Kier alpha value is -3.34. The lowest BCUT2D eigenvalue weighted by molar-refractivity contribution is -0.123. The third-order valence-corrected chi connectivity index (χ3v) is 3.77. The summed E-state index contributed by atoms with van der Waals surface area (Å²) in [6.45, 7) is 0.151. The van der Waals surface area contributed by atoms with E-state index in [1.165, 1.54) is 0 Å². The number of carbonyl (C=O) groups is 2. The molecule has 0 atom stereocenters. The quantitative estimate of drug-likeness (QED) is 0.725. The minimum Gasteiger partial charge on any atom is -0.483 e. The number of ether oxygens (including phenoxy) is 1. The molecule has 5 nitrogen and oxygen atoms in total. The van der Waals surface area contributed by atoms with Crippen LogP contribution < -0.4 is 10.1 Å². The Morgan fingerprint density at radius 3 is 2.24 bits per heavy atom. The molecule has 3 aromatic carbocycles. The zero-order chi connectivity index (χ0) is 17.6. The van der Waals surface area contributed by atoms with Gasteiger partial charge in [0.15, 0.2) is 6.61 Å². The Kier molecular flexibility index (Phi) is 4.95. The van der Waals surface area contributed by atoms with Crippen LogP contribution in [0.2, 0.25) is 0 Å². The van der Waals surface area contributed by atoms with Crippen molar-refractivity contribution in [2.45, 2.75) is 6.54 Å². The largest absolute Gasteiger partial charge is 0.483 e. The number of hydrogen-bond acceptors (Lipinski definition) is 3. The molecule has 0 bridgehead atoms. The van der Waals surface area contributed by atoms with Crippen molar-refractivity contribution in [3.8, 4) is 5.75 Å². The van der Waals surface area contributed by atoms with E-state index < -0.39 is 5.97 Å². The van der Waals surface area contributed by atoms with Crippen LogP contribution in [0.1, 0.15) is 15.9 Å². The first-order chi connectivity index (χ1) is 12.1. The van der Waals surface area contributed by atoms with Crippen LogP contribution in [0.4, 0.5) is 0 Å². The summed E-state index contributed by atoms with van der Waals surface area (Å²) < 4.78 is 5.46. The molecule has 3 aromatic rings. The van der Waals surface area contributed by atoms with Crippen LogP contribution in [-0.4, -0.2) is 23.6 Å². The molecule has 5 heteroatoms. The van der Waals surface area contributed by atoms with Gasteiger partial charge < -0.3 is 15.2 Å². The number of nitrogens with one attached hydrogen (secondary N) is 1. The van der Waals surface area contributed by atoms with Gasteiger partial charge in [-0.1, -0.05) is 54.6 Å². The fourth-order valence-corrected chi connectivity index (χ4v) is 2.50. The zero-order valence-electron chi connectivity index (χ0n) is 13.4. The Labute approximate surface area is 144 Å². The average Bonchev–Trinajstić information content (AvgIpc) is 2.64. The van der Waals surface area contributed by atoms with Crippen LogP contribution in [-0.2, 0) is 11.3 Å². The minimum absolute atomic E-state index is 0.0366. The van der Waals surface area contributed by atoms with Gasteiger partial charge in [0.1, 0.15) is 11.3 Å². The molecule has 0 aromatic heterocycles. The molecule has 0 unspecified atom stereocenters. The van der Waals surface area contributed by atoms with Gasteiger partial charge in [0.05, 0.1) is 0 Å². The number of rotatable bonds is 6. The highest BCUT2D eigenvalue weighted by atomic mass is 16.5. The van der Waals surface area contributed by atoms with E-state index in [1.54, 1.807) is 12.1 Å². The van der Waals surface area contributed by atoms with Crippen molar-refractivity contribution in [2.75, 3.05) is 6.61 Å². The third kappa shape index (κ3) is 4.14. The molecular weight excluding hydrogens is 318 g/mol. The lowest BCUT2D eigenvalue weighted by Crippen LogP contribution is -2.28. The highest BCUT2D eigenvalue weighted by molar-refractivity contribution is 5.97. The summed E-state index contributed by atoms with van der Waals surface area (Å²) in [5.74, 6) is -1.22. The first-order valence-corrected chi connectivity index (χ1v) is 7.83. The summed E-state index contributed by atoms with van der Waals surface area (Å²) in [7, 11) is 0. The summed E-state index contributed by atoms with van der Waals surface area (Å²) in [5, 5.41) is 13.8. The van der Waals surface area contributed by atoms with Gasteiger partial charge in [-0.3, -0.25) is 4.79 Å². The maximum absolute atomic E-state index is 12.0. The fourth-order valence-electron chi connectivity index (χ4n) is 2.50. The normalized spacial score (nSPS) is 10.4. The summed E-state index contributed by atoms with van der Waals surface area (Å²) in [5.41, 5.74) is 1.02. The van der Waals surface area contributed by atoms with Crippen LogP contribution in [0.15, 0.2) is 66.7 Å². The maximum atomic E-state index is 12.0. The van der Waals surface area contributed by atoms with Crippen molar-refractivity contribution in [2.24, 2.45) is 0 Å². The first kappa shape index (κ1) is 16.5. The fraction of sp³-hybridized carbons (Fsp3) is 0.100. The SMILES string of the molecule is O=C(COc1cc2ccccc2cc1C(=O)O)NCc1ccccc1. The second kappa shape index (κ2) is 7.49. The minimum atomic E-state index is -1.09. The summed E-state index contributed by atoms with van der Waals surface area (Å²) in [6.07, 6.45) is 0. The zero-order valence-corrected chi connectivity index (χ0v) is 13.4. The van der Waals surface area contributed by atoms with Crippen molar-refractivity contribution >= 4 is 22.6 Å². The summed E-state index contributed by atoms with van der Waals surface area (Å²) in [4.78, 5) is 23.4. The van der Waals surface area contributed by atoms with Crippen molar-refractivity contribution in [1.29, 1.82) is 0 Å². The Balaban J connectivity index is 1.68. The number of hydrogen-bond donors (Lipinski definition) is 2. The molecule has 0 aliphatic carbocycles. The number of carboxylic acid groups (broad SMARTS) is 1. The van der Waals surface area contributed by atoms with Crippen molar-refractivity contribution in [3.63, 3.8) is 0 Å². The van der Waals surface area contributed by atoms with Crippen molar-refractivity contribution < 1.29 is 19.4 Å². The van der Waals surface area contributed by atoms with Gasteiger partial charge in [-0.25, -0.2) is 4.79 Å². The van der Waals surface area contributed by atoms with Crippen LogP contribution in [0.3, 0.4) is 0 Å².